The van der Waals surface area contributed by atoms with Crippen molar-refractivity contribution in [2.24, 2.45) is 5.16 Å². The largest absolute Gasteiger partial charge is 0.444 e. The van der Waals surface area contributed by atoms with Gasteiger partial charge in [-0.2, -0.15) is 0 Å². The molecule has 1 aliphatic heterocycles. The van der Waals surface area contributed by atoms with Gasteiger partial charge in [0.25, 0.3) is 6.02 Å². The molecule has 11 heteroatoms. The normalized spacial score (nSPS) is 15.0. The van der Waals surface area contributed by atoms with E-state index in [2.05, 4.69) is 21.4 Å². The second-order valence-corrected chi connectivity index (χ2v) is 9.29. The van der Waals surface area contributed by atoms with E-state index in [9.17, 15) is 4.79 Å². The van der Waals surface area contributed by atoms with E-state index in [1.54, 1.807) is 4.90 Å². The molecule has 0 atom stereocenters. The molecule has 1 heterocycles. The molecule has 11 nitrogen and oxygen atoms in total. The zero-order chi connectivity index (χ0) is 25.6. The van der Waals surface area contributed by atoms with Crippen LogP contribution in [0.1, 0.15) is 44.4 Å². The molecule has 0 bridgehead atoms. The smallest absolute Gasteiger partial charge is 0.410 e. The van der Waals surface area contributed by atoms with E-state index in [0.29, 0.717) is 25.3 Å². The van der Waals surface area contributed by atoms with Crippen molar-refractivity contribution >= 4 is 35.1 Å². The lowest BCUT2D eigenvalue weighted by atomic mass is 10.0. The number of ether oxygens (including phenoxy) is 2. The number of rotatable bonds is 5. The van der Waals surface area contributed by atoms with Gasteiger partial charge >= 0.3 is 6.09 Å². The summed E-state index contributed by atoms with van der Waals surface area (Å²) in [6.45, 7) is 14.1. The van der Waals surface area contributed by atoms with Crippen LogP contribution in [-0.2, 0) is 16.0 Å². The molecule has 0 aliphatic carbocycles. The number of nitrogens with one attached hydrogen (secondary N) is 4. The number of amides is 1. The maximum atomic E-state index is 12.3. The second-order valence-electron chi connectivity index (χ2n) is 9.29. The van der Waals surface area contributed by atoms with Gasteiger partial charge in [-0.3, -0.25) is 21.1 Å². The lowest BCUT2D eigenvalue weighted by Crippen LogP contribution is -2.49. The number of oxime groups is 1. The van der Waals surface area contributed by atoms with E-state index in [1.165, 1.54) is 6.92 Å². The number of carbonyl (C=O) groups is 1. The molecule has 1 aliphatic rings. The van der Waals surface area contributed by atoms with Crippen molar-refractivity contribution in [3.05, 3.63) is 28.8 Å². The highest BCUT2D eigenvalue weighted by Gasteiger charge is 2.26. The Kier molecular flexibility index (Phi) is 8.74. The highest BCUT2D eigenvalue weighted by atomic mass is 16.6. The van der Waals surface area contributed by atoms with Crippen LogP contribution in [0.2, 0.25) is 0 Å². The molecular weight excluding hydrogens is 438 g/mol. The van der Waals surface area contributed by atoms with Crippen molar-refractivity contribution in [2.45, 2.75) is 53.7 Å². The van der Waals surface area contributed by atoms with E-state index in [1.807, 2.05) is 40.7 Å². The van der Waals surface area contributed by atoms with Gasteiger partial charge < -0.3 is 24.9 Å². The Morgan fingerprint density at radius 2 is 1.76 bits per heavy atom. The van der Waals surface area contributed by atoms with Gasteiger partial charge in [0.15, 0.2) is 0 Å². The predicted octanol–water partition coefficient (Wildman–Crippen LogP) is 3.57. The summed E-state index contributed by atoms with van der Waals surface area (Å²) < 4.78 is 10.5. The molecule has 0 aromatic heterocycles. The number of benzene rings is 1. The van der Waals surface area contributed by atoms with Gasteiger partial charge in [-0.1, -0.05) is 11.2 Å². The van der Waals surface area contributed by atoms with Gasteiger partial charge in [0, 0.05) is 38.4 Å². The number of nitrogens with zero attached hydrogens (tertiary/aromatic N) is 3. The van der Waals surface area contributed by atoms with E-state index in [0.717, 1.165) is 29.8 Å². The number of carbonyl (C=O) groups excluding carboxylic acids is 1. The SMILES string of the molecule is C/C(=N/O)C(=N)C(=N)OC(=N)Nc1cc(C)cc(CN2CCN(C(=O)OC(C)(C)C)CC2)c1C. The zero-order valence-corrected chi connectivity index (χ0v) is 20.7. The van der Waals surface area contributed by atoms with Gasteiger partial charge in [-0.05, 0) is 64.3 Å². The molecule has 1 fully saturated rings. The fourth-order valence-corrected chi connectivity index (χ4v) is 3.40. The topological polar surface area (TPSA) is 158 Å². The van der Waals surface area contributed by atoms with Crippen molar-refractivity contribution in [1.82, 2.24) is 9.80 Å². The third-order valence-electron chi connectivity index (χ3n) is 5.27. The van der Waals surface area contributed by atoms with Gasteiger partial charge in [0.2, 0.25) is 5.90 Å². The van der Waals surface area contributed by atoms with Crippen molar-refractivity contribution in [2.75, 3.05) is 31.5 Å². The second kappa shape index (κ2) is 11.1. The van der Waals surface area contributed by atoms with Crippen LogP contribution < -0.4 is 5.32 Å². The molecule has 1 aromatic rings. The van der Waals surface area contributed by atoms with Crippen LogP contribution in [0.25, 0.3) is 0 Å². The number of anilines is 1. The average Bonchev–Trinajstić information content (AvgIpc) is 2.74. The Bertz CT molecular complexity index is 990. The molecule has 1 aromatic carbocycles. The summed E-state index contributed by atoms with van der Waals surface area (Å²) in [4.78, 5) is 16.3. The highest BCUT2D eigenvalue weighted by Crippen LogP contribution is 2.24. The van der Waals surface area contributed by atoms with Gasteiger partial charge in [0.05, 0.1) is 0 Å². The number of amidine groups is 1. The fourth-order valence-electron chi connectivity index (χ4n) is 3.40. The Morgan fingerprint density at radius 1 is 1.15 bits per heavy atom. The first-order valence-corrected chi connectivity index (χ1v) is 11.0. The van der Waals surface area contributed by atoms with E-state index >= 15 is 0 Å². The molecule has 0 spiro atoms. The van der Waals surface area contributed by atoms with Crippen LogP contribution in [0.15, 0.2) is 17.3 Å². The first kappa shape index (κ1) is 26.8. The molecular formula is C23H35N7O4. The Balaban J connectivity index is 2.01. The van der Waals surface area contributed by atoms with Crippen LogP contribution in [0, 0.1) is 30.1 Å². The van der Waals surface area contributed by atoms with Crippen LogP contribution in [0.4, 0.5) is 10.5 Å². The molecule has 2 rings (SSSR count). The summed E-state index contributed by atoms with van der Waals surface area (Å²) in [5, 5.41) is 38.0. The number of piperazine rings is 1. The first-order chi connectivity index (χ1) is 15.8. The minimum Gasteiger partial charge on any atom is -0.444 e. The first-order valence-electron chi connectivity index (χ1n) is 11.0. The standard InChI is InChI=1S/C23H35N7O4/c1-14-11-17(13-29-7-9-30(10-8-29)22(31)34-23(4,5)6)15(2)18(12-14)27-21(26)33-20(25)19(24)16(3)28-32/h11-12,24-25,32H,7-10,13H2,1-6H3,(H2,26,27)/b24-19?,25-20?,28-16-. The molecule has 5 N–H and O–H groups in total. The molecule has 0 unspecified atom stereocenters. The van der Waals surface area contributed by atoms with Crippen LogP contribution >= 0.6 is 0 Å². The number of aryl methyl sites for hydroxylation is 1. The molecule has 0 saturated carbocycles. The average molecular weight is 474 g/mol. The van der Waals surface area contributed by atoms with Gasteiger partial charge in [-0.25, -0.2) is 4.79 Å². The Morgan fingerprint density at radius 3 is 2.32 bits per heavy atom. The van der Waals surface area contributed by atoms with Gasteiger partial charge in [-0.15, -0.1) is 0 Å². The third kappa shape index (κ3) is 7.55. The summed E-state index contributed by atoms with van der Waals surface area (Å²) in [5.41, 5.74) is 2.65. The van der Waals surface area contributed by atoms with Gasteiger partial charge in [0.1, 0.15) is 17.0 Å². The van der Waals surface area contributed by atoms with Crippen LogP contribution in [-0.4, -0.2) is 76.2 Å². The third-order valence-corrected chi connectivity index (χ3v) is 5.27. The van der Waals surface area contributed by atoms with Crippen molar-refractivity contribution < 1.29 is 19.5 Å². The maximum absolute atomic E-state index is 12.3. The number of hydrogen-bond donors (Lipinski definition) is 5. The summed E-state index contributed by atoms with van der Waals surface area (Å²) in [5.74, 6) is -0.596. The maximum Gasteiger partial charge on any atom is 0.410 e. The van der Waals surface area contributed by atoms with Crippen LogP contribution in [0.5, 0.6) is 0 Å². The van der Waals surface area contributed by atoms with Crippen molar-refractivity contribution in [3.8, 4) is 0 Å². The molecule has 1 saturated heterocycles. The van der Waals surface area contributed by atoms with E-state index < -0.39 is 23.2 Å². The minimum absolute atomic E-state index is 0.0846. The monoisotopic (exact) mass is 473 g/mol. The molecule has 34 heavy (non-hydrogen) atoms. The summed E-state index contributed by atoms with van der Waals surface area (Å²) in [6, 6.07) is 3.56. The minimum atomic E-state index is -0.596. The Labute approximate surface area is 200 Å². The lowest BCUT2D eigenvalue weighted by molar-refractivity contribution is 0.0139. The molecule has 1 amide bonds. The summed E-state index contributed by atoms with van der Waals surface area (Å²) in [7, 11) is 0. The lowest BCUT2D eigenvalue weighted by Gasteiger charge is -2.36. The summed E-state index contributed by atoms with van der Waals surface area (Å²) >= 11 is 0. The molecule has 186 valence electrons. The predicted molar refractivity (Wildman–Crippen MR) is 132 cm³/mol. The van der Waals surface area contributed by atoms with Crippen molar-refractivity contribution in [3.63, 3.8) is 0 Å². The van der Waals surface area contributed by atoms with Crippen molar-refractivity contribution in [1.29, 1.82) is 16.2 Å². The van der Waals surface area contributed by atoms with Crippen LogP contribution in [0.3, 0.4) is 0 Å². The fraction of sp³-hybridized carbons (Fsp3) is 0.522. The Hall–Kier alpha value is -3.47. The van der Waals surface area contributed by atoms with E-state index in [-0.39, 0.29) is 11.8 Å². The summed E-state index contributed by atoms with van der Waals surface area (Å²) in [6.07, 6.45) is -0.289. The van der Waals surface area contributed by atoms with E-state index in [4.69, 9.17) is 30.9 Å². The quantitative estimate of drug-likeness (QED) is 0.190. The zero-order valence-electron chi connectivity index (χ0n) is 20.7. The number of hydrogen-bond acceptors (Lipinski definition) is 9. The molecule has 0 radical (unpaired) electrons. The highest BCUT2D eigenvalue weighted by molar-refractivity contribution is 6.65.